The van der Waals surface area contributed by atoms with E-state index in [0.29, 0.717) is 0 Å². The van der Waals surface area contributed by atoms with E-state index in [4.69, 9.17) is 0 Å². The third-order valence-corrected chi connectivity index (χ3v) is 2.55. The highest BCUT2D eigenvalue weighted by Gasteiger charge is 2.20. The first-order valence-corrected chi connectivity index (χ1v) is 4.41. The van der Waals surface area contributed by atoms with Gasteiger partial charge in [-0.05, 0) is 7.05 Å². The van der Waals surface area contributed by atoms with Crippen molar-refractivity contribution in [3.63, 3.8) is 0 Å². The number of fused-ring (bicyclic) bond motifs is 1. The number of carbonyl (C=O) groups excluding carboxylic acids is 1. The number of hydrogen-bond acceptors (Lipinski definition) is 3. The van der Waals surface area contributed by atoms with Gasteiger partial charge in [-0.25, -0.2) is 0 Å². The summed E-state index contributed by atoms with van der Waals surface area (Å²) >= 11 is 0. The third-order valence-electron chi connectivity index (χ3n) is 2.55. The topological polar surface area (TPSA) is 38.1 Å². The van der Waals surface area contributed by atoms with Crippen LogP contribution >= 0.6 is 0 Å². The van der Waals surface area contributed by atoms with Gasteiger partial charge in [0, 0.05) is 32.1 Å². The number of hydrogen-bond donors (Lipinski definition) is 0. The van der Waals surface area contributed by atoms with Gasteiger partial charge >= 0.3 is 0 Å². The number of rotatable bonds is 1. The van der Waals surface area contributed by atoms with Gasteiger partial charge in [0.05, 0.1) is 5.69 Å². The van der Waals surface area contributed by atoms with Crippen LogP contribution in [0, 0.1) is 0 Å². The first-order chi connectivity index (χ1) is 6.22. The third kappa shape index (κ3) is 1.27. The fourth-order valence-corrected chi connectivity index (χ4v) is 1.80. The molecule has 0 fully saturated rings. The summed E-state index contributed by atoms with van der Waals surface area (Å²) in [5.41, 5.74) is 2.91. The number of nitrogens with zero attached hydrogens (tertiary/aromatic N) is 3. The quantitative estimate of drug-likeness (QED) is 0.579. The second kappa shape index (κ2) is 2.96. The van der Waals surface area contributed by atoms with Crippen molar-refractivity contribution < 1.29 is 4.79 Å². The molecule has 1 aromatic heterocycles. The van der Waals surface area contributed by atoms with Crippen molar-refractivity contribution in [3.05, 3.63) is 17.0 Å². The summed E-state index contributed by atoms with van der Waals surface area (Å²) in [5.74, 6) is 0. The highest BCUT2D eigenvalue weighted by Crippen LogP contribution is 2.19. The maximum Gasteiger partial charge on any atom is 0.168 e. The van der Waals surface area contributed by atoms with Gasteiger partial charge in [-0.15, -0.1) is 0 Å². The van der Waals surface area contributed by atoms with E-state index < -0.39 is 0 Å². The van der Waals surface area contributed by atoms with Crippen molar-refractivity contribution >= 4 is 6.29 Å². The normalized spacial score (nSPS) is 17.1. The fraction of sp³-hybridized carbons (Fsp3) is 0.556. The van der Waals surface area contributed by atoms with Crippen molar-refractivity contribution in [2.75, 3.05) is 13.6 Å². The molecule has 2 rings (SSSR count). The van der Waals surface area contributed by atoms with Crippen molar-refractivity contribution in [1.82, 2.24) is 14.7 Å². The summed E-state index contributed by atoms with van der Waals surface area (Å²) in [5, 5.41) is 4.32. The van der Waals surface area contributed by atoms with E-state index in [1.807, 2.05) is 7.05 Å². The molecule has 0 aliphatic carbocycles. The van der Waals surface area contributed by atoms with E-state index in [2.05, 4.69) is 17.0 Å². The Labute approximate surface area is 77.1 Å². The summed E-state index contributed by atoms with van der Waals surface area (Å²) in [6, 6.07) is 0. The molecule has 0 atom stereocenters. The van der Waals surface area contributed by atoms with Crippen LogP contribution in [0.25, 0.3) is 0 Å². The van der Waals surface area contributed by atoms with Crippen LogP contribution in [0.15, 0.2) is 0 Å². The lowest BCUT2D eigenvalue weighted by Gasteiger charge is -2.21. The van der Waals surface area contributed by atoms with E-state index in [9.17, 15) is 4.79 Å². The van der Waals surface area contributed by atoms with E-state index in [-0.39, 0.29) is 0 Å². The van der Waals surface area contributed by atoms with Crippen LogP contribution in [-0.4, -0.2) is 34.6 Å². The highest BCUT2D eigenvalue weighted by atomic mass is 16.1. The fourth-order valence-electron chi connectivity index (χ4n) is 1.80. The van der Waals surface area contributed by atoms with Crippen molar-refractivity contribution in [2.45, 2.75) is 13.0 Å². The first kappa shape index (κ1) is 8.44. The van der Waals surface area contributed by atoms with E-state index in [1.165, 1.54) is 0 Å². The number of aromatic nitrogens is 2. The minimum absolute atomic E-state index is 0.724. The molecule has 0 radical (unpaired) electrons. The maximum atomic E-state index is 10.8. The van der Waals surface area contributed by atoms with Gasteiger partial charge in [-0.2, -0.15) is 5.10 Å². The van der Waals surface area contributed by atoms with E-state index >= 15 is 0 Å². The molecule has 1 aromatic rings. The van der Waals surface area contributed by atoms with Gasteiger partial charge in [0.25, 0.3) is 0 Å². The lowest BCUT2D eigenvalue weighted by atomic mass is 10.1. The lowest BCUT2D eigenvalue weighted by molar-refractivity contribution is 0.111. The zero-order chi connectivity index (χ0) is 9.42. The number of aldehydes is 1. The van der Waals surface area contributed by atoms with Crippen LogP contribution in [0.4, 0.5) is 0 Å². The number of likely N-dealkylation sites (N-methyl/N-ethyl adjacent to an activating group) is 1. The maximum absolute atomic E-state index is 10.8. The summed E-state index contributed by atoms with van der Waals surface area (Å²) in [7, 11) is 3.88. The average Bonchev–Trinajstić information content (AvgIpc) is 2.40. The molecule has 0 unspecified atom stereocenters. The molecule has 0 bridgehead atoms. The largest absolute Gasteiger partial charge is 0.302 e. The van der Waals surface area contributed by atoms with Crippen LogP contribution in [0.1, 0.15) is 21.7 Å². The summed E-state index contributed by atoms with van der Waals surface area (Å²) in [6.45, 7) is 1.87. The van der Waals surface area contributed by atoms with E-state index in [0.717, 1.165) is 42.7 Å². The Bertz CT molecular complexity index is 343. The molecule has 0 saturated carbocycles. The minimum Gasteiger partial charge on any atom is -0.302 e. The van der Waals surface area contributed by atoms with Crippen LogP contribution in [0.3, 0.4) is 0 Å². The van der Waals surface area contributed by atoms with Crippen molar-refractivity contribution in [3.8, 4) is 0 Å². The molecule has 2 heterocycles. The average molecular weight is 179 g/mol. The van der Waals surface area contributed by atoms with Crippen LogP contribution in [-0.2, 0) is 20.0 Å². The molecular weight excluding hydrogens is 166 g/mol. The molecule has 4 heteroatoms. The minimum atomic E-state index is 0.724. The first-order valence-electron chi connectivity index (χ1n) is 4.41. The molecule has 70 valence electrons. The second-order valence-electron chi connectivity index (χ2n) is 3.54. The molecule has 4 nitrogen and oxygen atoms in total. The molecule has 0 aromatic carbocycles. The van der Waals surface area contributed by atoms with Crippen molar-refractivity contribution in [2.24, 2.45) is 7.05 Å². The molecule has 0 saturated heterocycles. The SMILES string of the molecule is CN1CCc2nn(C)c(C=O)c2C1. The van der Waals surface area contributed by atoms with Crippen LogP contribution in [0.2, 0.25) is 0 Å². The molecule has 0 spiro atoms. The van der Waals surface area contributed by atoms with Gasteiger partial charge in [-0.3, -0.25) is 9.48 Å². The number of aryl methyl sites for hydroxylation is 1. The summed E-state index contributed by atoms with van der Waals surface area (Å²) < 4.78 is 1.68. The standard InChI is InChI=1S/C9H13N3O/c1-11-4-3-8-7(5-11)9(6-13)12(2)10-8/h6H,3-5H2,1-2H3. The summed E-state index contributed by atoms with van der Waals surface area (Å²) in [4.78, 5) is 13.0. The van der Waals surface area contributed by atoms with Gasteiger partial charge < -0.3 is 4.90 Å². The Morgan fingerprint density at radius 3 is 2.92 bits per heavy atom. The monoisotopic (exact) mass is 179 g/mol. The molecular formula is C9H13N3O. The predicted octanol–water partition coefficient (Wildman–Crippen LogP) is 0.220. The van der Waals surface area contributed by atoms with E-state index in [1.54, 1.807) is 4.68 Å². The Hall–Kier alpha value is -1.16. The number of carbonyl (C=O) groups is 1. The van der Waals surface area contributed by atoms with Crippen LogP contribution < -0.4 is 0 Å². The smallest absolute Gasteiger partial charge is 0.168 e. The Morgan fingerprint density at radius 2 is 2.23 bits per heavy atom. The Morgan fingerprint density at radius 1 is 1.46 bits per heavy atom. The van der Waals surface area contributed by atoms with Gasteiger partial charge in [0.2, 0.25) is 0 Å². The Balaban J connectivity index is 2.48. The van der Waals surface area contributed by atoms with Gasteiger partial charge in [-0.1, -0.05) is 0 Å². The highest BCUT2D eigenvalue weighted by molar-refractivity contribution is 5.75. The van der Waals surface area contributed by atoms with Gasteiger partial charge in [0.15, 0.2) is 6.29 Å². The Kier molecular flexibility index (Phi) is 1.92. The molecule has 0 N–H and O–H groups in total. The zero-order valence-corrected chi connectivity index (χ0v) is 7.95. The zero-order valence-electron chi connectivity index (χ0n) is 7.95. The lowest BCUT2D eigenvalue weighted by Crippen LogP contribution is -2.26. The van der Waals surface area contributed by atoms with Crippen molar-refractivity contribution in [1.29, 1.82) is 0 Å². The molecule has 1 aliphatic heterocycles. The summed E-state index contributed by atoms with van der Waals surface area (Å²) in [6.07, 6.45) is 1.85. The predicted molar refractivity (Wildman–Crippen MR) is 48.6 cm³/mol. The second-order valence-corrected chi connectivity index (χ2v) is 3.54. The molecule has 1 aliphatic rings. The molecule has 0 amide bonds. The molecule has 13 heavy (non-hydrogen) atoms. The van der Waals surface area contributed by atoms with Crippen LogP contribution in [0.5, 0.6) is 0 Å². The van der Waals surface area contributed by atoms with Gasteiger partial charge in [0.1, 0.15) is 5.69 Å².